The van der Waals surface area contributed by atoms with Crippen molar-refractivity contribution in [1.82, 2.24) is 24.1 Å². The van der Waals surface area contributed by atoms with Gasteiger partial charge in [-0.05, 0) is 30.3 Å². The Bertz CT molecular complexity index is 1020. The fraction of sp³-hybridized carbons (Fsp3) is 0.235. The summed E-state index contributed by atoms with van der Waals surface area (Å²) in [5, 5.41) is 4.38. The van der Waals surface area contributed by atoms with Crippen molar-refractivity contribution in [1.29, 1.82) is 0 Å². The second-order valence-corrected chi connectivity index (χ2v) is 8.45. The summed E-state index contributed by atoms with van der Waals surface area (Å²) in [6.45, 7) is 1.16. The molecule has 1 aliphatic heterocycles. The van der Waals surface area contributed by atoms with Crippen molar-refractivity contribution in [3.05, 3.63) is 60.3 Å². The predicted molar refractivity (Wildman–Crippen MR) is 98.3 cm³/mol. The Balaban J connectivity index is 1.35. The quantitative estimate of drug-likeness (QED) is 0.623. The molecule has 0 amide bonds. The third-order valence-electron chi connectivity index (χ3n) is 4.22. The lowest BCUT2D eigenvalue weighted by Crippen LogP contribution is -2.51. The Hall–Kier alpha value is -2.49. The second kappa shape index (κ2) is 7.26. The molecule has 1 aromatic carbocycles. The van der Waals surface area contributed by atoms with Gasteiger partial charge in [-0.3, -0.25) is 4.98 Å². The predicted octanol–water partition coefficient (Wildman–Crippen LogP) is 2.02. The first-order valence-electron chi connectivity index (χ1n) is 8.23. The average molecular weight is 406 g/mol. The maximum atomic E-state index is 12.7. The number of rotatable bonds is 6. The van der Waals surface area contributed by atoms with Gasteiger partial charge in [0.1, 0.15) is 0 Å². The largest absolute Gasteiger partial charge is 0.476 e. The fourth-order valence-electron chi connectivity index (χ4n) is 2.76. The first-order chi connectivity index (χ1) is 13.0. The van der Waals surface area contributed by atoms with E-state index in [1.807, 2.05) is 6.07 Å². The van der Waals surface area contributed by atoms with Crippen molar-refractivity contribution in [3.63, 3.8) is 0 Å². The van der Waals surface area contributed by atoms with E-state index >= 15 is 0 Å². The Kier molecular flexibility index (Phi) is 4.81. The highest BCUT2D eigenvalue weighted by Gasteiger charge is 2.37. The molecule has 1 aliphatic rings. The highest BCUT2D eigenvalue weighted by atomic mass is 35.5. The zero-order chi connectivity index (χ0) is 18.9. The molecule has 140 valence electrons. The number of ether oxygens (including phenoxy) is 1. The van der Waals surface area contributed by atoms with Crippen molar-refractivity contribution in [3.8, 4) is 11.6 Å². The molecule has 0 saturated carbocycles. The molecule has 0 unspecified atom stereocenters. The van der Waals surface area contributed by atoms with E-state index in [0.717, 1.165) is 5.69 Å². The fourth-order valence-corrected chi connectivity index (χ4v) is 4.50. The van der Waals surface area contributed by atoms with E-state index in [9.17, 15) is 8.42 Å². The number of sulfonamides is 1. The monoisotopic (exact) mass is 405 g/mol. The van der Waals surface area contributed by atoms with Gasteiger partial charge in [0.15, 0.2) is 5.15 Å². The first kappa shape index (κ1) is 17.9. The third-order valence-corrected chi connectivity index (χ3v) is 6.25. The van der Waals surface area contributed by atoms with E-state index in [1.165, 1.54) is 16.7 Å². The molecular weight excluding hydrogens is 390 g/mol. The zero-order valence-corrected chi connectivity index (χ0v) is 15.7. The van der Waals surface area contributed by atoms with Crippen molar-refractivity contribution in [2.45, 2.75) is 4.90 Å². The summed E-state index contributed by atoms with van der Waals surface area (Å²) in [5.41, 5.74) is 0.802. The number of hydrogen-bond acceptors (Lipinski definition) is 6. The van der Waals surface area contributed by atoms with Crippen LogP contribution >= 0.6 is 11.6 Å². The van der Waals surface area contributed by atoms with Gasteiger partial charge in [0.2, 0.25) is 15.9 Å². The molecule has 0 N–H and O–H groups in total. The molecular formula is C17H16ClN5O3S. The Morgan fingerprint density at radius 1 is 1.19 bits per heavy atom. The highest BCUT2D eigenvalue weighted by Crippen LogP contribution is 2.26. The van der Waals surface area contributed by atoms with Gasteiger partial charge in [0.05, 0.1) is 29.6 Å². The van der Waals surface area contributed by atoms with Gasteiger partial charge in [-0.1, -0.05) is 11.6 Å². The van der Waals surface area contributed by atoms with E-state index < -0.39 is 10.0 Å². The van der Waals surface area contributed by atoms with Crippen molar-refractivity contribution < 1.29 is 13.2 Å². The summed E-state index contributed by atoms with van der Waals surface area (Å²) in [6.07, 6.45) is 6.36. The van der Waals surface area contributed by atoms with Crippen LogP contribution in [0.5, 0.6) is 5.88 Å². The maximum absolute atomic E-state index is 12.7. The minimum atomic E-state index is -3.51. The molecule has 0 spiro atoms. The van der Waals surface area contributed by atoms with Gasteiger partial charge in [-0.15, -0.1) is 0 Å². The molecule has 4 rings (SSSR count). The van der Waals surface area contributed by atoms with Crippen LogP contribution in [0.2, 0.25) is 5.15 Å². The van der Waals surface area contributed by atoms with Gasteiger partial charge in [-0.25, -0.2) is 13.1 Å². The van der Waals surface area contributed by atoms with E-state index in [1.54, 1.807) is 41.3 Å². The number of benzene rings is 1. The van der Waals surface area contributed by atoms with Gasteiger partial charge in [0, 0.05) is 31.4 Å². The summed E-state index contributed by atoms with van der Waals surface area (Å²) >= 11 is 5.76. The molecule has 27 heavy (non-hydrogen) atoms. The van der Waals surface area contributed by atoms with Crippen LogP contribution in [0.25, 0.3) is 5.69 Å². The summed E-state index contributed by atoms with van der Waals surface area (Å²) < 4.78 is 34.0. The van der Waals surface area contributed by atoms with Crippen molar-refractivity contribution in [2.24, 2.45) is 5.92 Å². The Labute approximate surface area is 161 Å². The average Bonchev–Trinajstić information content (AvgIpc) is 3.15. The molecule has 1 saturated heterocycles. The molecule has 0 aliphatic carbocycles. The van der Waals surface area contributed by atoms with Crippen LogP contribution in [0, 0.1) is 5.92 Å². The van der Waals surface area contributed by atoms with Gasteiger partial charge >= 0.3 is 0 Å². The number of nitrogens with zero attached hydrogens (tertiary/aromatic N) is 5. The van der Waals surface area contributed by atoms with E-state index in [0.29, 0.717) is 25.6 Å². The second-order valence-electron chi connectivity index (χ2n) is 6.12. The smallest absolute Gasteiger partial charge is 0.243 e. The summed E-state index contributed by atoms with van der Waals surface area (Å²) in [7, 11) is -3.51. The minimum absolute atomic E-state index is 0.101. The van der Waals surface area contributed by atoms with Crippen LogP contribution < -0.4 is 4.74 Å². The van der Waals surface area contributed by atoms with E-state index in [-0.39, 0.29) is 16.0 Å². The standard InChI is InChI=1S/C17H16ClN5O3S/c18-16-8-19-9-17(21-16)26-12-13-10-22(11-13)27(24,25)15-4-2-14(3-5-15)23-7-1-6-20-23/h1-9,13H,10-12H2. The molecule has 3 aromatic rings. The summed E-state index contributed by atoms with van der Waals surface area (Å²) in [4.78, 5) is 8.15. The zero-order valence-electron chi connectivity index (χ0n) is 14.1. The number of aromatic nitrogens is 4. The van der Waals surface area contributed by atoms with Crippen molar-refractivity contribution in [2.75, 3.05) is 19.7 Å². The minimum Gasteiger partial charge on any atom is -0.476 e. The summed E-state index contributed by atoms with van der Waals surface area (Å²) in [6, 6.07) is 8.47. The number of hydrogen-bond donors (Lipinski definition) is 0. The molecule has 3 heterocycles. The lowest BCUT2D eigenvalue weighted by molar-refractivity contribution is 0.126. The Morgan fingerprint density at radius 2 is 1.96 bits per heavy atom. The highest BCUT2D eigenvalue weighted by molar-refractivity contribution is 7.89. The molecule has 0 bridgehead atoms. The molecule has 0 radical (unpaired) electrons. The van der Waals surface area contributed by atoms with Gasteiger partial charge < -0.3 is 4.74 Å². The number of halogens is 1. The topological polar surface area (TPSA) is 90.2 Å². The van der Waals surface area contributed by atoms with Crippen LogP contribution in [0.1, 0.15) is 0 Å². The molecule has 2 aromatic heterocycles. The van der Waals surface area contributed by atoms with Gasteiger partial charge in [-0.2, -0.15) is 14.4 Å². The lowest BCUT2D eigenvalue weighted by Gasteiger charge is -2.37. The first-order valence-corrected chi connectivity index (χ1v) is 10.0. The maximum Gasteiger partial charge on any atom is 0.243 e. The summed E-state index contributed by atoms with van der Waals surface area (Å²) in [5.74, 6) is 0.432. The van der Waals surface area contributed by atoms with Crippen LogP contribution in [0.4, 0.5) is 0 Å². The lowest BCUT2D eigenvalue weighted by atomic mass is 10.1. The van der Waals surface area contributed by atoms with Crippen molar-refractivity contribution >= 4 is 21.6 Å². The molecule has 1 fully saturated rings. The molecule has 8 nitrogen and oxygen atoms in total. The van der Waals surface area contributed by atoms with Crippen LogP contribution in [0.15, 0.2) is 60.0 Å². The molecule has 10 heteroatoms. The van der Waals surface area contributed by atoms with Crippen LogP contribution in [-0.2, 0) is 10.0 Å². The van der Waals surface area contributed by atoms with Crippen LogP contribution in [-0.4, -0.2) is 52.2 Å². The van der Waals surface area contributed by atoms with Crippen LogP contribution in [0.3, 0.4) is 0 Å². The Morgan fingerprint density at radius 3 is 2.63 bits per heavy atom. The van der Waals surface area contributed by atoms with E-state index in [2.05, 4.69) is 15.1 Å². The molecule has 0 atom stereocenters. The van der Waals surface area contributed by atoms with Gasteiger partial charge in [0.25, 0.3) is 0 Å². The van der Waals surface area contributed by atoms with E-state index in [4.69, 9.17) is 16.3 Å². The third kappa shape index (κ3) is 3.80. The normalized spacial score (nSPS) is 15.4. The SMILES string of the molecule is O=S(=O)(c1ccc(-n2cccn2)cc1)N1CC(COc2cncc(Cl)n2)C1.